The number of carbonyl (C=O) groups excluding carboxylic acids is 1. The zero-order valence-corrected chi connectivity index (χ0v) is 13.2. The Kier molecular flexibility index (Phi) is 4.95. The quantitative estimate of drug-likeness (QED) is 0.721. The van der Waals surface area contributed by atoms with Crippen molar-refractivity contribution < 1.29 is 17.6 Å². The van der Waals surface area contributed by atoms with Gasteiger partial charge < -0.3 is 11.1 Å². The third-order valence-corrected chi connectivity index (χ3v) is 4.04. The molecule has 0 spiro atoms. The Balaban J connectivity index is 2.89. The van der Waals surface area contributed by atoms with E-state index in [0.29, 0.717) is 0 Å². The standard InChI is InChI=1S/C13H20FN3O3S/c1-8(12(18)16-13(2,3)4)17-21(19,20)9-5-6-10(14)11(15)7-9/h5-8,17H,15H2,1-4H3,(H,16,18). The van der Waals surface area contributed by atoms with Crippen LogP contribution in [-0.2, 0) is 14.8 Å². The summed E-state index contributed by atoms with van der Waals surface area (Å²) in [5.74, 6) is -1.16. The highest BCUT2D eigenvalue weighted by Gasteiger charge is 2.25. The summed E-state index contributed by atoms with van der Waals surface area (Å²) >= 11 is 0. The molecule has 118 valence electrons. The maximum absolute atomic E-state index is 13.1. The molecule has 0 saturated heterocycles. The molecular formula is C13H20FN3O3S. The predicted octanol–water partition coefficient (Wildman–Crippen LogP) is 0.989. The summed E-state index contributed by atoms with van der Waals surface area (Å²) < 4.78 is 39.5. The SMILES string of the molecule is CC(NS(=O)(=O)c1ccc(F)c(N)c1)C(=O)NC(C)(C)C. The molecule has 0 fully saturated rings. The lowest BCUT2D eigenvalue weighted by Gasteiger charge is -2.23. The molecule has 1 atom stereocenters. The van der Waals surface area contributed by atoms with Crippen molar-refractivity contribution in [2.75, 3.05) is 5.73 Å². The maximum Gasteiger partial charge on any atom is 0.241 e. The fourth-order valence-electron chi connectivity index (χ4n) is 1.52. The Labute approximate surface area is 124 Å². The summed E-state index contributed by atoms with van der Waals surface area (Å²) in [6.07, 6.45) is 0. The largest absolute Gasteiger partial charge is 0.396 e. The lowest BCUT2D eigenvalue weighted by atomic mass is 10.1. The molecule has 0 aromatic heterocycles. The number of carbonyl (C=O) groups is 1. The molecule has 1 aromatic carbocycles. The average molecular weight is 317 g/mol. The van der Waals surface area contributed by atoms with Gasteiger partial charge in [-0.15, -0.1) is 0 Å². The van der Waals surface area contributed by atoms with Crippen molar-refractivity contribution in [3.63, 3.8) is 0 Å². The zero-order chi connectivity index (χ0) is 16.4. The molecular weight excluding hydrogens is 297 g/mol. The van der Waals surface area contributed by atoms with Gasteiger partial charge in [-0.2, -0.15) is 4.72 Å². The Morgan fingerprint density at radius 2 is 1.90 bits per heavy atom. The number of rotatable bonds is 4. The molecule has 21 heavy (non-hydrogen) atoms. The second kappa shape index (κ2) is 5.98. The topological polar surface area (TPSA) is 101 Å². The first kappa shape index (κ1) is 17.4. The molecule has 8 heteroatoms. The number of halogens is 1. The highest BCUT2D eigenvalue weighted by atomic mass is 32.2. The highest BCUT2D eigenvalue weighted by molar-refractivity contribution is 7.89. The molecule has 0 aliphatic rings. The second-order valence-electron chi connectivity index (χ2n) is 5.77. The third kappa shape index (κ3) is 4.98. The molecule has 0 bridgehead atoms. The van der Waals surface area contributed by atoms with Gasteiger partial charge in [-0.3, -0.25) is 4.79 Å². The third-order valence-electron chi connectivity index (χ3n) is 2.50. The van der Waals surface area contributed by atoms with Crippen LogP contribution in [-0.4, -0.2) is 25.9 Å². The van der Waals surface area contributed by atoms with Gasteiger partial charge in [0.25, 0.3) is 0 Å². The van der Waals surface area contributed by atoms with Crippen molar-refractivity contribution in [3.05, 3.63) is 24.0 Å². The molecule has 0 radical (unpaired) electrons. The normalized spacial score (nSPS) is 13.8. The number of anilines is 1. The van der Waals surface area contributed by atoms with E-state index in [4.69, 9.17) is 5.73 Å². The van der Waals surface area contributed by atoms with Gasteiger partial charge in [0.15, 0.2) is 0 Å². The smallest absolute Gasteiger partial charge is 0.241 e. The van der Waals surface area contributed by atoms with E-state index in [2.05, 4.69) is 10.0 Å². The van der Waals surface area contributed by atoms with E-state index in [-0.39, 0.29) is 10.6 Å². The number of nitrogen functional groups attached to an aromatic ring is 1. The van der Waals surface area contributed by atoms with E-state index < -0.39 is 33.3 Å². The lowest BCUT2D eigenvalue weighted by Crippen LogP contribution is -2.50. The minimum atomic E-state index is -3.96. The second-order valence-corrected chi connectivity index (χ2v) is 7.48. The molecule has 1 unspecified atom stereocenters. The number of amides is 1. The molecule has 6 nitrogen and oxygen atoms in total. The minimum Gasteiger partial charge on any atom is -0.396 e. The molecule has 1 aromatic rings. The molecule has 1 rings (SSSR count). The first-order valence-electron chi connectivity index (χ1n) is 6.32. The van der Waals surface area contributed by atoms with Crippen molar-refractivity contribution >= 4 is 21.6 Å². The van der Waals surface area contributed by atoms with E-state index in [1.807, 2.05) is 0 Å². The summed E-state index contributed by atoms with van der Waals surface area (Å²) in [6, 6.07) is 2.08. The van der Waals surface area contributed by atoms with Crippen LogP contribution in [0.3, 0.4) is 0 Å². The number of sulfonamides is 1. The van der Waals surface area contributed by atoms with Crippen LogP contribution in [0.2, 0.25) is 0 Å². The van der Waals surface area contributed by atoms with Crippen molar-refractivity contribution in [1.82, 2.24) is 10.0 Å². The van der Waals surface area contributed by atoms with Gasteiger partial charge in [0, 0.05) is 5.54 Å². The van der Waals surface area contributed by atoms with Gasteiger partial charge in [0.1, 0.15) is 5.82 Å². The molecule has 0 saturated carbocycles. The fourth-order valence-corrected chi connectivity index (χ4v) is 2.76. The van der Waals surface area contributed by atoms with E-state index in [1.54, 1.807) is 20.8 Å². The van der Waals surface area contributed by atoms with Gasteiger partial charge in [0.2, 0.25) is 15.9 Å². The van der Waals surface area contributed by atoms with Crippen LogP contribution < -0.4 is 15.8 Å². The predicted molar refractivity (Wildman–Crippen MR) is 78.5 cm³/mol. The van der Waals surface area contributed by atoms with Crippen LogP contribution >= 0.6 is 0 Å². The maximum atomic E-state index is 13.1. The molecule has 0 aliphatic heterocycles. The lowest BCUT2D eigenvalue weighted by molar-refractivity contribution is -0.123. The Bertz CT molecular complexity index is 639. The fraction of sp³-hybridized carbons (Fsp3) is 0.462. The van der Waals surface area contributed by atoms with Gasteiger partial charge >= 0.3 is 0 Å². The van der Waals surface area contributed by atoms with Crippen LogP contribution in [0.4, 0.5) is 10.1 Å². The van der Waals surface area contributed by atoms with Crippen LogP contribution in [0.1, 0.15) is 27.7 Å². The van der Waals surface area contributed by atoms with Crippen LogP contribution in [0.15, 0.2) is 23.1 Å². The first-order chi connectivity index (χ1) is 9.42. The van der Waals surface area contributed by atoms with Gasteiger partial charge in [-0.25, -0.2) is 12.8 Å². The first-order valence-corrected chi connectivity index (χ1v) is 7.80. The van der Waals surface area contributed by atoms with Gasteiger partial charge in [0.05, 0.1) is 16.6 Å². The summed E-state index contributed by atoms with van der Waals surface area (Å²) in [5.41, 5.74) is 4.60. The van der Waals surface area contributed by atoms with Crippen molar-refractivity contribution in [3.8, 4) is 0 Å². The van der Waals surface area contributed by atoms with Crippen LogP contribution in [0.5, 0.6) is 0 Å². The minimum absolute atomic E-state index is 0.197. The Hall–Kier alpha value is -1.67. The van der Waals surface area contributed by atoms with Crippen molar-refractivity contribution in [2.45, 2.75) is 44.2 Å². The van der Waals surface area contributed by atoms with Crippen LogP contribution in [0.25, 0.3) is 0 Å². The Morgan fingerprint density at radius 1 is 1.33 bits per heavy atom. The summed E-state index contributed by atoms with van der Waals surface area (Å²) in [4.78, 5) is 11.7. The van der Waals surface area contributed by atoms with Crippen LogP contribution in [0, 0.1) is 5.82 Å². The number of nitrogens with two attached hydrogens (primary N) is 1. The van der Waals surface area contributed by atoms with Crippen molar-refractivity contribution in [2.24, 2.45) is 0 Å². The zero-order valence-electron chi connectivity index (χ0n) is 12.4. The summed E-state index contributed by atoms with van der Waals surface area (Å²) in [5, 5.41) is 2.66. The number of hydrogen-bond donors (Lipinski definition) is 3. The molecule has 1 amide bonds. The van der Waals surface area contributed by atoms with E-state index in [1.165, 1.54) is 6.92 Å². The number of benzene rings is 1. The van der Waals surface area contributed by atoms with E-state index in [9.17, 15) is 17.6 Å². The highest BCUT2D eigenvalue weighted by Crippen LogP contribution is 2.16. The van der Waals surface area contributed by atoms with Crippen molar-refractivity contribution in [1.29, 1.82) is 0 Å². The molecule has 4 N–H and O–H groups in total. The Morgan fingerprint density at radius 3 is 2.38 bits per heavy atom. The summed E-state index contributed by atoms with van der Waals surface area (Å²) in [6.45, 7) is 6.78. The monoisotopic (exact) mass is 317 g/mol. The average Bonchev–Trinajstić information content (AvgIpc) is 2.29. The number of nitrogens with one attached hydrogen (secondary N) is 2. The summed E-state index contributed by atoms with van der Waals surface area (Å²) in [7, 11) is -3.96. The number of hydrogen-bond acceptors (Lipinski definition) is 4. The molecule has 0 aliphatic carbocycles. The van der Waals surface area contributed by atoms with Gasteiger partial charge in [-0.1, -0.05) is 0 Å². The molecule has 0 heterocycles. The van der Waals surface area contributed by atoms with E-state index >= 15 is 0 Å². The van der Waals surface area contributed by atoms with Gasteiger partial charge in [-0.05, 0) is 45.9 Å². The van der Waals surface area contributed by atoms with E-state index in [0.717, 1.165) is 18.2 Å².